The minimum Gasteiger partial charge on any atom is -0.423 e. The molecule has 0 amide bonds. The third-order valence-corrected chi connectivity index (χ3v) is 4.24. The average Bonchev–Trinajstić information content (AvgIpc) is 2.16. The Morgan fingerprint density at radius 2 is 1.93 bits per heavy atom. The second-order valence-electron chi connectivity index (χ2n) is 4.79. The van der Waals surface area contributed by atoms with Crippen molar-refractivity contribution in [2.75, 3.05) is 5.88 Å². The Bertz CT molecular complexity index is 139. The summed E-state index contributed by atoms with van der Waals surface area (Å²) >= 11 is 5.64. The average molecular weight is 237 g/mol. The molecule has 0 radical (unpaired) electrons. The highest BCUT2D eigenvalue weighted by Gasteiger charge is 2.16. The van der Waals surface area contributed by atoms with Gasteiger partial charge < -0.3 is 4.43 Å². The fraction of sp³-hybridized carbons (Fsp3) is 1.00. The molecule has 0 N–H and O–H groups in total. The maximum Gasteiger partial charge on any atom is 0.146 e. The lowest BCUT2D eigenvalue weighted by Crippen LogP contribution is -2.23. The van der Waals surface area contributed by atoms with Gasteiger partial charge in [0.05, 0.1) is 0 Å². The molecule has 1 atom stereocenters. The molecule has 0 rings (SSSR count). The molecule has 0 saturated carbocycles. The molecule has 0 spiro atoms. The predicted octanol–water partition coefficient (Wildman–Crippen LogP) is 2.89. The van der Waals surface area contributed by atoms with Crippen molar-refractivity contribution in [3.63, 3.8) is 0 Å². The maximum absolute atomic E-state index is 5.64. The lowest BCUT2D eigenvalue weighted by molar-refractivity contribution is 0.104. The largest absolute Gasteiger partial charge is 0.423 e. The van der Waals surface area contributed by atoms with Crippen LogP contribution in [0.25, 0.3) is 0 Å². The molecule has 0 aliphatic heterocycles. The molecule has 86 valence electrons. The number of hydrogen-bond donors (Lipinski definition) is 0. The first-order valence-electron chi connectivity index (χ1n) is 5.63. The molecule has 0 bridgehead atoms. The minimum atomic E-state index is 0.104. The maximum atomic E-state index is 5.64. The van der Waals surface area contributed by atoms with Crippen molar-refractivity contribution in [2.45, 2.75) is 58.5 Å². The molecular formula is C11H25ClOSi. The Kier molecular flexibility index (Phi) is 7.98. The number of hydrogen-bond acceptors (Lipinski definition) is 1. The summed E-state index contributed by atoms with van der Waals surface area (Å²) in [6.07, 6.45) is 6.19. The van der Waals surface area contributed by atoms with Gasteiger partial charge in [-0.15, -0.1) is 11.6 Å². The zero-order valence-corrected chi connectivity index (χ0v) is 12.9. The van der Waals surface area contributed by atoms with E-state index in [9.17, 15) is 0 Å². The molecular weight excluding hydrogens is 212 g/mol. The van der Waals surface area contributed by atoms with Crippen LogP contribution in [-0.4, -0.2) is 22.0 Å². The van der Waals surface area contributed by atoms with Gasteiger partial charge in [0.25, 0.3) is 0 Å². The van der Waals surface area contributed by atoms with Gasteiger partial charge in [0.1, 0.15) is 10.5 Å². The standard InChI is InChI=1S/C11H25ClOSi/c1-10(6-4-5-9-12)7-8-11(2,3)13-14/h10H,4-9H2,1-3,14H3. The molecule has 0 saturated heterocycles. The van der Waals surface area contributed by atoms with Gasteiger partial charge in [0.15, 0.2) is 0 Å². The van der Waals surface area contributed by atoms with Gasteiger partial charge in [0, 0.05) is 11.5 Å². The quantitative estimate of drug-likeness (QED) is 0.358. The van der Waals surface area contributed by atoms with Crippen LogP contribution in [0.15, 0.2) is 0 Å². The lowest BCUT2D eigenvalue weighted by atomic mass is 9.93. The normalized spacial score (nSPS) is 14.6. The van der Waals surface area contributed by atoms with E-state index in [-0.39, 0.29) is 5.60 Å². The highest BCUT2D eigenvalue weighted by molar-refractivity contribution is 6.17. The predicted molar refractivity (Wildman–Crippen MR) is 68.1 cm³/mol. The van der Waals surface area contributed by atoms with E-state index in [1.165, 1.54) is 25.7 Å². The van der Waals surface area contributed by atoms with E-state index in [2.05, 4.69) is 20.8 Å². The number of halogens is 1. The number of rotatable bonds is 8. The lowest BCUT2D eigenvalue weighted by Gasteiger charge is -2.25. The highest BCUT2D eigenvalue weighted by Crippen LogP contribution is 2.21. The van der Waals surface area contributed by atoms with Crippen LogP contribution in [-0.2, 0) is 4.43 Å². The summed E-state index contributed by atoms with van der Waals surface area (Å²) in [4.78, 5) is 0. The monoisotopic (exact) mass is 236 g/mol. The first kappa shape index (κ1) is 14.5. The van der Waals surface area contributed by atoms with Crippen molar-refractivity contribution in [3.05, 3.63) is 0 Å². The van der Waals surface area contributed by atoms with Gasteiger partial charge >= 0.3 is 0 Å². The van der Waals surface area contributed by atoms with E-state index in [4.69, 9.17) is 16.0 Å². The summed E-state index contributed by atoms with van der Waals surface area (Å²) in [7, 11) is 0.843. The summed E-state index contributed by atoms with van der Waals surface area (Å²) in [5.41, 5.74) is 0.104. The van der Waals surface area contributed by atoms with E-state index < -0.39 is 0 Å². The Morgan fingerprint density at radius 1 is 1.29 bits per heavy atom. The molecule has 14 heavy (non-hydrogen) atoms. The number of alkyl halides is 1. The summed E-state index contributed by atoms with van der Waals surface area (Å²) in [5.74, 6) is 1.62. The van der Waals surface area contributed by atoms with Crippen molar-refractivity contribution < 1.29 is 4.43 Å². The smallest absolute Gasteiger partial charge is 0.146 e. The van der Waals surface area contributed by atoms with Gasteiger partial charge in [-0.2, -0.15) is 0 Å². The molecule has 0 fully saturated rings. The van der Waals surface area contributed by atoms with Gasteiger partial charge in [-0.05, 0) is 39.0 Å². The first-order valence-corrected chi connectivity index (χ1v) is 6.98. The minimum absolute atomic E-state index is 0.104. The van der Waals surface area contributed by atoms with Crippen LogP contribution in [0, 0.1) is 5.92 Å². The third kappa shape index (κ3) is 7.83. The van der Waals surface area contributed by atoms with Gasteiger partial charge in [-0.1, -0.05) is 19.8 Å². The molecule has 0 aromatic rings. The molecule has 1 unspecified atom stereocenters. The van der Waals surface area contributed by atoms with Crippen LogP contribution in [0.3, 0.4) is 0 Å². The highest BCUT2D eigenvalue weighted by atomic mass is 35.5. The molecule has 0 aromatic carbocycles. The van der Waals surface area contributed by atoms with E-state index in [1.807, 2.05) is 0 Å². The summed E-state index contributed by atoms with van der Waals surface area (Å²) < 4.78 is 5.53. The van der Waals surface area contributed by atoms with Crippen LogP contribution in [0.1, 0.15) is 52.9 Å². The molecule has 3 heteroatoms. The van der Waals surface area contributed by atoms with Gasteiger partial charge in [0.2, 0.25) is 0 Å². The molecule has 0 aliphatic rings. The summed E-state index contributed by atoms with van der Waals surface area (Å²) in [6.45, 7) is 6.70. The second kappa shape index (κ2) is 7.72. The van der Waals surface area contributed by atoms with Crippen molar-refractivity contribution in [2.24, 2.45) is 5.92 Å². The van der Waals surface area contributed by atoms with Gasteiger partial charge in [-0.25, -0.2) is 0 Å². The van der Waals surface area contributed by atoms with Gasteiger partial charge in [-0.3, -0.25) is 0 Å². The Balaban J connectivity index is 3.48. The van der Waals surface area contributed by atoms with Crippen molar-refractivity contribution in [1.29, 1.82) is 0 Å². The third-order valence-electron chi connectivity index (χ3n) is 2.87. The molecule has 0 aromatic heterocycles. The van der Waals surface area contributed by atoms with E-state index >= 15 is 0 Å². The number of unbranched alkanes of at least 4 members (excludes halogenated alkanes) is 1. The van der Waals surface area contributed by atoms with Crippen LogP contribution in [0.4, 0.5) is 0 Å². The Morgan fingerprint density at radius 3 is 2.43 bits per heavy atom. The zero-order valence-electron chi connectivity index (χ0n) is 10.1. The van der Waals surface area contributed by atoms with E-state index in [0.29, 0.717) is 0 Å². The fourth-order valence-electron chi connectivity index (χ4n) is 1.43. The van der Waals surface area contributed by atoms with E-state index in [1.54, 1.807) is 0 Å². The topological polar surface area (TPSA) is 9.23 Å². The van der Waals surface area contributed by atoms with Crippen molar-refractivity contribution >= 4 is 22.1 Å². The fourth-order valence-corrected chi connectivity index (χ4v) is 1.82. The molecule has 0 aliphatic carbocycles. The van der Waals surface area contributed by atoms with Crippen molar-refractivity contribution in [3.8, 4) is 0 Å². The van der Waals surface area contributed by atoms with E-state index in [0.717, 1.165) is 28.7 Å². The molecule has 1 nitrogen and oxygen atoms in total. The second-order valence-corrected chi connectivity index (χ2v) is 5.58. The van der Waals surface area contributed by atoms with Crippen LogP contribution >= 0.6 is 11.6 Å². The summed E-state index contributed by atoms with van der Waals surface area (Å²) in [6, 6.07) is 0. The Hall–Kier alpha value is 0.467. The summed E-state index contributed by atoms with van der Waals surface area (Å²) in [5, 5.41) is 0. The Labute approximate surface area is 97.1 Å². The SMILES string of the molecule is CC(CCCCCl)CCC(C)(C)O[SiH3]. The van der Waals surface area contributed by atoms with Crippen LogP contribution in [0.5, 0.6) is 0 Å². The zero-order chi connectivity index (χ0) is 11.0. The van der Waals surface area contributed by atoms with Crippen LogP contribution < -0.4 is 0 Å². The first-order chi connectivity index (χ1) is 6.52. The van der Waals surface area contributed by atoms with Crippen molar-refractivity contribution in [1.82, 2.24) is 0 Å². The van der Waals surface area contributed by atoms with Crippen LogP contribution in [0.2, 0.25) is 0 Å². The molecule has 0 heterocycles.